The van der Waals surface area contributed by atoms with E-state index in [2.05, 4.69) is 15.6 Å². The average molecular weight is 408 g/mol. The van der Waals surface area contributed by atoms with Gasteiger partial charge in [-0.1, -0.05) is 23.2 Å². The Kier molecular flexibility index (Phi) is 6.66. The Labute approximate surface area is 167 Å². The van der Waals surface area contributed by atoms with E-state index in [9.17, 15) is 9.59 Å². The van der Waals surface area contributed by atoms with Gasteiger partial charge >= 0.3 is 0 Å². The number of aromatic nitrogens is 1. The Bertz CT molecular complexity index is 839. The van der Waals surface area contributed by atoms with Gasteiger partial charge in [0.1, 0.15) is 5.82 Å². The Hall–Kier alpha value is -2.15. The van der Waals surface area contributed by atoms with Crippen molar-refractivity contribution in [2.45, 2.75) is 19.3 Å². The smallest absolute Gasteiger partial charge is 0.255 e. The van der Waals surface area contributed by atoms with Crippen LogP contribution in [0.2, 0.25) is 10.0 Å². The molecule has 0 unspecified atom stereocenters. The molecule has 2 amide bonds. The molecule has 1 aliphatic heterocycles. The minimum Gasteiger partial charge on any atom is -0.381 e. The van der Waals surface area contributed by atoms with Crippen LogP contribution in [0.3, 0.4) is 0 Å². The lowest BCUT2D eigenvalue weighted by molar-refractivity contribution is -0.117. The number of rotatable bonds is 5. The van der Waals surface area contributed by atoms with E-state index >= 15 is 0 Å². The predicted octanol–water partition coefficient (Wildman–Crippen LogP) is 4.40. The standard InChI is InChI=1S/C19H19Cl2N3O3/c20-15-2-1-14(11-16(15)21)23-19(26)13-3-6-22-17(10-13)24-18(25)9-12-4-7-27-8-5-12/h1-3,6,10-12H,4-5,7-9H2,(H,23,26)(H,22,24,25). The molecule has 2 heterocycles. The number of carbonyl (C=O) groups excluding carboxylic acids is 2. The molecule has 1 saturated heterocycles. The van der Waals surface area contributed by atoms with Gasteiger partial charge in [-0.3, -0.25) is 9.59 Å². The summed E-state index contributed by atoms with van der Waals surface area (Å²) in [5.74, 6) is 0.209. The van der Waals surface area contributed by atoms with Gasteiger partial charge in [0.25, 0.3) is 5.91 Å². The van der Waals surface area contributed by atoms with Crippen molar-refractivity contribution >= 4 is 46.5 Å². The normalized spacial score (nSPS) is 14.6. The van der Waals surface area contributed by atoms with E-state index in [-0.39, 0.29) is 11.8 Å². The van der Waals surface area contributed by atoms with E-state index in [1.807, 2.05) is 0 Å². The van der Waals surface area contributed by atoms with E-state index in [0.717, 1.165) is 12.8 Å². The first-order valence-electron chi connectivity index (χ1n) is 8.61. The van der Waals surface area contributed by atoms with Gasteiger partial charge in [0.15, 0.2) is 0 Å². The van der Waals surface area contributed by atoms with Crippen molar-refractivity contribution in [3.63, 3.8) is 0 Å². The topological polar surface area (TPSA) is 80.3 Å². The molecule has 27 heavy (non-hydrogen) atoms. The van der Waals surface area contributed by atoms with Gasteiger partial charge in [-0.2, -0.15) is 0 Å². The number of carbonyl (C=O) groups is 2. The highest BCUT2D eigenvalue weighted by molar-refractivity contribution is 6.42. The maximum absolute atomic E-state index is 12.4. The third kappa shape index (κ3) is 5.66. The fourth-order valence-corrected chi connectivity index (χ4v) is 3.12. The van der Waals surface area contributed by atoms with Crippen molar-refractivity contribution in [2.24, 2.45) is 5.92 Å². The van der Waals surface area contributed by atoms with Crippen LogP contribution in [0, 0.1) is 5.92 Å². The van der Waals surface area contributed by atoms with Gasteiger partial charge in [-0.25, -0.2) is 4.98 Å². The number of benzene rings is 1. The van der Waals surface area contributed by atoms with Gasteiger partial charge in [-0.05, 0) is 49.1 Å². The van der Waals surface area contributed by atoms with Gasteiger partial charge in [-0.15, -0.1) is 0 Å². The molecule has 1 aromatic heterocycles. The minimum atomic E-state index is -0.337. The van der Waals surface area contributed by atoms with Crippen LogP contribution in [-0.4, -0.2) is 30.0 Å². The lowest BCUT2D eigenvalue weighted by Gasteiger charge is -2.21. The van der Waals surface area contributed by atoms with Gasteiger partial charge in [0, 0.05) is 37.1 Å². The summed E-state index contributed by atoms with van der Waals surface area (Å²) in [6.07, 6.45) is 3.67. The zero-order chi connectivity index (χ0) is 19.2. The maximum atomic E-state index is 12.4. The van der Waals surface area contributed by atoms with Crippen molar-refractivity contribution in [2.75, 3.05) is 23.8 Å². The Morgan fingerprint density at radius 1 is 1.07 bits per heavy atom. The molecule has 0 aliphatic carbocycles. The molecule has 6 nitrogen and oxygen atoms in total. The number of hydrogen-bond acceptors (Lipinski definition) is 4. The number of halogens is 2. The lowest BCUT2D eigenvalue weighted by Crippen LogP contribution is -2.22. The molecule has 1 aliphatic rings. The molecule has 0 bridgehead atoms. The number of pyridine rings is 1. The van der Waals surface area contributed by atoms with Crippen molar-refractivity contribution in [1.29, 1.82) is 0 Å². The lowest BCUT2D eigenvalue weighted by atomic mass is 9.96. The van der Waals surface area contributed by atoms with Crippen LogP contribution in [0.4, 0.5) is 11.5 Å². The third-order valence-corrected chi connectivity index (χ3v) is 5.02. The summed E-state index contributed by atoms with van der Waals surface area (Å²) in [5.41, 5.74) is 0.897. The Morgan fingerprint density at radius 3 is 2.59 bits per heavy atom. The van der Waals surface area contributed by atoms with Crippen LogP contribution in [0.25, 0.3) is 0 Å². The Morgan fingerprint density at radius 2 is 1.85 bits per heavy atom. The number of nitrogens with zero attached hydrogens (tertiary/aromatic N) is 1. The van der Waals surface area contributed by atoms with Crippen LogP contribution in [0.15, 0.2) is 36.5 Å². The second-order valence-corrected chi connectivity index (χ2v) is 7.14. The molecule has 0 spiro atoms. The Balaban J connectivity index is 1.61. The molecule has 2 N–H and O–H groups in total. The maximum Gasteiger partial charge on any atom is 0.255 e. The molecule has 0 radical (unpaired) electrons. The quantitative estimate of drug-likeness (QED) is 0.769. The van der Waals surface area contributed by atoms with Crippen molar-refractivity contribution in [3.8, 4) is 0 Å². The summed E-state index contributed by atoms with van der Waals surface area (Å²) in [4.78, 5) is 28.7. The van der Waals surface area contributed by atoms with Gasteiger partial charge in [0.2, 0.25) is 5.91 Å². The van der Waals surface area contributed by atoms with Crippen molar-refractivity contribution in [1.82, 2.24) is 4.98 Å². The highest BCUT2D eigenvalue weighted by atomic mass is 35.5. The largest absolute Gasteiger partial charge is 0.381 e. The van der Waals surface area contributed by atoms with E-state index in [1.54, 1.807) is 24.3 Å². The first-order chi connectivity index (χ1) is 13.0. The minimum absolute atomic E-state index is 0.114. The number of anilines is 2. The summed E-state index contributed by atoms with van der Waals surface area (Å²) in [5, 5.41) is 6.25. The zero-order valence-corrected chi connectivity index (χ0v) is 16.0. The molecule has 0 saturated carbocycles. The van der Waals surface area contributed by atoms with Crippen LogP contribution >= 0.6 is 23.2 Å². The number of ether oxygens (including phenoxy) is 1. The molecule has 142 valence electrons. The van der Waals surface area contributed by atoms with Crippen LogP contribution in [0.5, 0.6) is 0 Å². The number of hydrogen-bond donors (Lipinski definition) is 2. The number of nitrogens with one attached hydrogen (secondary N) is 2. The monoisotopic (exact) mass is 407 g/mol. The summed E-state index contributed by atoms with van der Waals surface area (Å²) >= 11 is 11.8. The second-order valence-electron chi connectivity index (χ2n) is 6.32. The molecule has 1 fully saturated rings. The highest BCUT2D eigenvalue weighted by Gasteiger charge is 2.18. The fraction of sp³-hybridized carbons (Fsp3) is 0.316. The average Bonchev–Trinajstić information content (AvgIpc) is 2.65. The molecule has 1 aromatic carbocycles. The first kappa shape index (κ1) is 19.6. The van der Waals surface area contributed by atoms with Crippen LogP contribution in [-0.2, 0) is 9.53 Å². The van der Waals surface area contributed by atoms with Crippen LogP contribution in [0.1, 0.15) is 29.6 Å². The predicted molar refractivity (Wildman–Crippen MR) is 105 cm³/mol. The fourth-order valence-electron chi connectivity index (χ4n) is 2.82. The summed E-state index contributed by atoms with van der Waals surface area (Å²) in [6.45, 7) is 1.39. The van der Waals surface area contributed by atoms with Crippen molar-refractivity contribution < 1.29 is 14.3 Å². The summed E-state index contributed by atoms with van der Waals surface area (Å²) in [7, 11) is 0. The van der Waals surface area contributed by atoms with Gasteiger partial charge in [0.05, 0.1) is 10.0 Å². The summed E-state index contributed by atoms with van der Waals surface area (Å²) < 4.78 is 5.30. The number of amides is 2. The molecular weight excluding hydrogens is 389 g/mol. The SMILES string of the molecule is O=C(CC1CCOCC1)Nc1cc(C(=O)Nc2ccc(Cl)c(Cl)c2)ccn1. The zero-order valence-electron chi connectivity index (χ0n) is 14.5. The molecular formula is C19H19Cl2N3O3. The van der Waals surface area contributed by atoms with E-state index in [1.165, 1.54) is 12.3 Å². The van der Waals surface area contributed by atoms with E-state index in [4.69, 9.17) is 27.9 Å². The molecule has 8 heteroatoms. The molecule has 3 rings (SSSR count). The second kappa shape index (κ2) is 9.17. The summed E-state index contributed by atoms with van der Waals surface area (Å²) in [6, 6.07) is 7.94. The van der Waals surface area contributed by atoms with E-state index < -0.39 is 0 Å². The van der Waals surface area contributed by atoms with Crippen molar-refractivity contribution in [3.05, 3.63) is 52.1 Å². The van der Waals surface area contributed by atoms with Gasteiger partial charge < -0.3 is 15.4 Å². The van der Waals surface area contributed by atoms with E-state index in [0.29, 0.717) is 52.7 Å². The van der Waals surface area contributed by atoms with Crippen LogP contribution < -0.4 is 10.6 Å². The highest BCUT2D eigenvalue weighted by Crippen LogP contribution is 2.25. The first-order valence-corrected chi connectivity index (χ1v) is 9.37. The third-order valence-electron chi connectivity index (χ3n) is 4.28. The molecule has 0 atom stereocenters. The molecule has 2 aromatic rings.